The Kier molecular flexibility index (Phi) is 6.96. The molecule has 0 aliphatic rings. The van der Waals surface area contributed by atoms with Crippen LogP contribution in [0.5, 0.6) is 0 Å². The summed E-state index contributed by atoms with van der Waals surface area (Å²) in [6.07, 6.45) is 1.80. The number of hydrogen-bond donors (Lipinski definition) is 1. The number of hydrogen-bond acceptors (Lipinski definition) is 9. The molecule has 31 heavy (non-hydrogen) atoms. The van der Waals surface area contributed by atoms with Crippen LogP contribution >= 0.6 is 11.6 Å². The van der Waals surface area contributed by atoms with Crippen molar-refractivity contribution < 1.29 is 23.1 Å². The van der Waals surface area contributed by atoms with Crippen molar-refractivity contribution in [1.29, 1.82) is 5.41 Å². The lowest BCUT2D eigenvalue weighted by molar-refractivity contribution is -0.151. The molecule has 0 radical (unpaired) electrons. The lowest BCUT2D eigenvalue weighted by atomic mass is 10.2. The molecule has 0 spiro atoms. The molecule has 11 nitrogen and oxygen atoms in total. The summed E-state index contributed by atoms with van der Waals surface area (Å²) >= 11 is 6.31. The van der Waals surface area contributed by atoms with Gasteiger partial charge in [-0.3, -0.25) is 14.8 Å². The fraction of sp³-hybridized carbons (Fsp3) is 0.526. The Morgan fingerprint density at radius 1 is 1.35 bits per heavy atom. The van der Waals surface area contributed by atoms with Crippen LogP contribution in [0.1, 0.15) is 31.8 Å². The van der Waals surface area contributed by atoms with E-state index in [4.69, 9.17) is 35.3 Å². The van der Waals surface area contributed by atoms with Crippen LogP contribution in [0.25, 0.3) is 11.2 Å². The molecular formula is C19H24ClN5O6. The highest BCUT2D eigenvalue weighted by Crippen LogP contribution is 2.15. The smallest absolute Gasteiger partial charge is 0.463 e. The molecule has 0 aliphatic heterocycles. The third-order valence-electron chi connectivity index (χ3n) is 4.77. The second-order valence-electron chi connectivity index (χ2n) is 7.29. The molecule has 3 aromatic rings. The maximum absolute atomic E-state index is 11.7. The van der Waals surface area contributed by atoms with E-state index in [0.717, 1.165) is 0 Å². The summed E-state index contributed by atoms with van der Waals surface area (Å²) in [5.41, 5.74) is 0.796. The molecule has 0 amide bonds. The van der Waals surface area contributed by atoms with E-state index in [0.29, 0.717) is 29.9 Å². The number of rotatable bonds is 9. The number of methoxy groups -OCH3 is 1. The van der Waals surface area contributed by atoms with Crippen molar-refractivity contribution in [3.8, 4) is 0 Å². The Bertz CT molecular complexity index is 1190. The van der Waals surface area contributed by atoms with Crippen molar-refractivity contribution in [2.75, 3.05) is 13.7 Å². The monoisotopic (exact) mass is 453 g/mol. The first kappa shape index (κ1) is 22.8. The molecule has 3 aromatic heterocycles. The zero-order valence-corrected chi connectivity index (χ0v) is 18.4. The highest BCUT2D eigenvalue weighted by Gasteiger charge is 2.18. The molecule has 1 atom stereocenters. The van der Waals surface area contributed by atoms with Crippen LogP contribution in [-0.2, 0) is 27.4 Å². The summed E-state index contributed by atoms with van der Waals surface area (Å²) in [4.78, 5) is 31.6. The van der Waals surface area contributed by atoms with E-state index >= 15 is 0 Å². The van der Waals surface area contributed by atoms with Gasteiger partial charge in [0.05, 0.1) is 24.9 Å². The van der Waals surface area contributed by atoms with Gasteiger partial charge in [-0.05, 0) is 24.9 Å². The SMILES string of the molecule is COC(CCn1cnc2c(=N)n(Cc3oc(=O)oc3C)c(Cl)nc21)COC(=O)C(C)C. The van der Waals surface area contributed by atoms with Crippen LogP contribution in [-0.4, -0.2) is 44.9 Å². The van der Waals surface area contributed by atoms with Crippen molar-refractivity contribution >= 4 is 28.7 Å². The summed E-state index contributed by atoms with van der Waals surface area (Å²) < 4.78 is 23.6. The first-order valence-corrected chi connectivity index (χ1v) is 10.0. The van der Waals surface area contributed by atoms with E-state index in [-0.39, 0.29) is 47.7 Å². The van der Waals surface area contributed by atoms with Gasteiger partial charge in [-0.25, -0.2) is 9.78 Å². The van der Waals surface area contributed by atoms with Crippen LogP contribution < -0.4 is 11.3 Å². The third kappa shape index (κ3) is 5.05. The molecule has 0 fully saturated rings. The van der Waals surface area contributed by atoms with Crippen molar-refractivity contribution in [2.45, 2.75) is 46.4 Å². The normalized spacial score (nSPS) is 12.6. The Balaban J connectivity index is 1.78. The van der Waals surface area contributed by atoms with Crippen LogP contribution in [0.2, 0.25) is 5.28 Å². The minimum Gasteiger partial charge on any atom is -0.463 e. The molecule has 1 N–H and O–H groups in total. The molecule has 12 heteroatoms. The van der Waals surface area contributed by atoms with Crippen molar-refractivity contribution in [3.63, 3.8) is 0 Å². The standard InChI is InChI=1S/C19H24ClN5O6/c1-10(2)17(26)29-8-12(28-4)5-6-24-9-22-14-15(21)25(18(20)23-16(14)24)7-13-11(3)30-19(27)31-13/h9-10,12,21H,5-8H2,1-4H3. The Hall–Kier alpha value is -2.92. The van der Waals surface area contributed by atoms with Gasteiger partial charge in [-0.1, -0.05) is 13.8 Å². The fourth-order valence-electron chi connectivity index (χ4n) is 2.89. The first-order chi connectivity index (χ1) is 14.7. The molecule has 0 aliphatic carbocycles. The summed E-state index contributed by atoms with van der Waals surface area (Å²) in [7, 11) is 1.55. The molecule has 168 valence electrons. The van der Waals surface area contributed by atoms with Gasteiger partial charge < -0.3 is 22.9 Å². The Morgan fingerprint density at radius 2 is 2.10 bits per heavy atom. The molecule has 3 heterocycles. The minimum absolute atomic E-state index is 0.0119. The number of imidazole rings is 1. The highest BCUT2D eigenvalue weighted by molar-refractivity contribution is 6.28. The van der Waals surface area contributed by atoms with E-state index in [1.54, 1.807) is 38.8 Å². The van der Waals surface area contributed by atoms with Crippen LogP contribution in [0, 0.1) is 18.3 Å². The van der Waals surface area contributed by atoms with Gasteiger partial charge >= 0.3 is 11.8 Å². The zero-order valence-electron chi connectivity index (χ0n) is 17.7. The van der Waals surface area contributed by atoms with E-state index in [1.165, 1.54) is 4.57 Å². The lowest BCUT2D eigenvalue weighted by Gasteiger charge is -2.17. The molecule has 3 rings (SSSR count). The molecule has 0 saturated heterocycles. The number of ether oxygens (including phenoxy) is 2. The van der Waals surface area contributed by atoms with Gasteiger partial charge in [0.1, 0.15) is 17.9 Å². The van der Waals surface area contributed by atoms with Crippen molar-refractivity contribution in [1.82, 2.24) is 19.1 Å². The predicted octanol–water partition coefficient (Wildman–Crippen LogP) is 1.87. The Morgan fingerprint density at radius 3 is 2.71 bits per heavy atom. The third-order valence-corrected chi connectivity index (χ3v) is 5.06. The number of carbonyl (C=O) groups is 1. The molecular weight excluding hydrogens is 430 g/mol. The Labute approximate surface area is 182 Å². The van der Waals surface area contributed by atoms with E-state index < -0.39 is 5.82 Å². The molecule has 1 unspecified atom stereocenters. The average molecular weight is 454 g/mol. The number of aryl methyl sites for hydroxylation is 2. The number of nitrogens with zero attached hydrogens (tertiary/aromatic N) is 4. The van der Waals surface area contributed by atoms with Crippen LogP contribution in [0.15, 0.2) is 20.0 Å². The largest absolute Gasteiger partial charge is 0.519 e. The number of aromatic nitrogens is 4. The second-order valence-corrected chi connectivity index (χ2v) is 7.63. The maximum Gasteiger partial charge on any atom is 0.519 e. The van der Waals surface area contributed by atoms with Crippen LogP contribution in [0.3, 0.4) is 0 Å². The van der Waals surface area contributed by atoms with Gasteiger partial charge in [0.2, 0.25) is 5.28 Å². The quantitative estimate of drug-likeness (QED) is 0.382. The summed E-state index contributed by atoms with van der Waals surface area (Å²) in [5.74, 6) is -0.744. The summed E-state index contributed by atoms with van der Waals surface area (Å²) in [6.45, 7) is 5.75. The minimum atomic E-state index is -0.819. The number of nitrogens with one attached hydrogen (secondary N) is 1. The van der Waals surface area contributed by atoms with Crippen LogP contribution in [0.4, 0.5) is 0 Å². The number of carbonyl (C=O) groups excluding carboxylic acids is 1. The van der Waals surface area contributed by atoms with Gasteiger partial charge in [0, 0.05) is 13.7 Å². The zero-order chi connectivity index (χ0) is 22.7. The van der Waals surface area contributed by atoms with Gasteiger partial charge in [-0.15, -0.1) is 0 Å². The summed E-state index contributed by atoms with van der Waals surface area (Å²) in [6, 6.07) is 0. The number of halogens is 1. The number of fused-ring (bicyclic) bond motifs is 1. The van der Waals surface area contributed by atoms with Gasteiger partial charge in [-0.2, -0.15) is 4.98 Å². The summed E-state index contributed by atoms with van der Waals surface area (Å²) in [5, 5.41) is 8.50. The van der Waals surface area contributed by atoms with Crippen molar-refractivity contribution in [3.05, 3.63) is 39.2 Å². The predicted molar refractivity (Wildman–Crippen MR) is 109 cm³/mol. The maximum atomic E-state index is 11.7. The lowest BCUT2D eigenvalue weighted by Crippen LogP contribution is -2.25. The van der Waals surface area contributed by atoms with Gasteiger partial charge in [0.25, 0.3) is 0 Å². The fourth-order valence-corrected chi connectivity index (χ4v) is 3.12. The molecule has 0 bridgehead atoms. The topological polar surface area (TPSA) is 138 Å². The second kappa shape index (κ2) is 9.48. The molecule has 0 saturated carbocycles. The first-order valence-electron chi connectivity index (χ1n) is 9.65. The van der Waals surface area contributed by atoms with E-state index in [1.807, 2.05) is 0 Å². The highest BCUT2D eigenvalue weighted by atomic mass is 35.5. The van der Waals surface area contributed by atoms with E-state index in [2.05, 4.69) is 9.97 Å². The van der Waals surface area contributed by atoms with Crippen molar-refractivity contribution in [2.24, 2.45) is 5.92 Å². The van der Waals surface area contributed by atoms with E-state index in [9.17, 15) is 9.59 Å². The van der Waals surface area contributed by atoms with Gasteiger partial charge in [0.15, 0.2) is 16.9 Å². The average Bonchev–Trinajstić information content (AvgIpc) is 3.26. The number of esters is 1. The molecule has 0 aromatic carbocycles.